The van der Waals surface area contributed by atoms with E-state index < -0.39 is 0 Å². The van der Waals surface area contributed by atoms with Crippen molar-refractivity contribution in [2.75, 3.05) is 4.43 Å². The highest BCUT2D eigenvalue weighted by Gasteiger charge is 2.19. The van der Waals surface area contributed by atoms with Crippen molar-refractivity contribution in [2.45, 2.75) is 51.2 Å². The van der Waals surface area contributed by atoms with E-state index in [1.807, 2.05) is 0 Å². The SMILES string of the molecule is Cc1ccc(C(CI)OC2CCCCC2)cc1. The first kappa shape index (κ1) is 13.3. The van der Waals surface area contributed by atoms with E-state index in [1.165, 1.54) is 43.2 Å². The fourth-order valence-corrected chi connectivity index (χ4v) is 3.13. The normalized spacial score (nSPS) is 19.2. The molecule has 1 aliphatic carbocycles. The molecule has 0 heterocycles. The van der Waals surface area contributed by atoms with Crippen molar-refractivity contribution in [1.82, 2.24) is 0 Å². The monoisotopic (exact) mass is 344 g/mol. The molecule has 0 aromatic heterocycles. The molecule has 1 nitrogen and oxygen atoms in total. The van der Waals surface area contributed by atoms with Gasteiger partial charge in [-0.05, 0) is 25.3 Å². The number of benzene rings is 1. The van der Waals surface area contributed by atoms with Gasteiger partial charge < -0.3 is 4.74 Å². The largest absolute Gasteiger partial charge is 0.369 e. The van der Waals surface area contributed by atoms with Gasteiger partial charge in [-0.15, -0.1) is 0 Å². The summed E-state index contributed by atoms with van der Waals surface area (Å²) in [7, 11) is 0. The summed E-state index contributed by atoms with van der Waals surface area (Å²) in [5, 5.41) is 0. The van der Waals surface area contributed by atoms with Gasteiger partial charge in [-0.25, -0.2) is 0 Å². The molecule has 0 radical (unpaired) electrons. The first-order chi connectivity index (χ1) is 8.29. The molecule has 2 heteroatoms. The quantitative estimate of drug-likeness (QED) is 0.562. The van der Waals surface area contributed by atoms with E-state index in [1.54, 1.807) is 0 Å². The molecule has 2 rings (SSSR count). The number of rotatable bonds is 4. The third-order valence-electron chi connectivity index (χ3n) is 3.50. The van der Waals surface area contributed by atoms with Crippen LogP contribution in [0.5, 0.6) is 0 Å². The lowest BCUT2D eigenvalue weighted by molar-refractivity contribution is -0.0185. The summed E-state index contributed by atoms with van der Waals surface area (Å²) >= 11 is 2.43. The van der Waals surface area contributed by atoms with E-state index in [-0.39, 0.29) is 6.10 Å². The van der Waals surface area contributed by atoms with Crippen LogP contribution in [0.25, 0.3) is 0 Å². The summed E-state index contributed by atoms with van der Waals surface area (Å²) in [5.74, 6) is 0. The zero-order valence-corrected chi connectivity index (χ0v) is 12.7. The van der Waals surface area contributed by atoms with Gasteiger partial charge in [0, 0.05) is 4.43 Å². The molecule has 94 valence electrons. The molecule has 1 aromatic rings. The summed E-state index contributed by atoms with van der Waals surface area (Å²) < 4.78 is 7.30. The van der Waals surface area contributed by atoms with Gasteiger partial charge in [0.15, 0.2) is 0 Å². The lowest BCUT2D eigenvalue weighted by atomic mass is 9.97. The molecule has 1 aliphatic rings. The molecular formula is C15H21IO. The van der Waals surface area contributed by atoms with E-state index >= 15 is 0 Å². The zero-order chi connectivity index (χ0) is 12.1. The number of aryl methyl sites for hydroxylation is 1. The van der Waals surface area contributed by atoms with Crippen LogP contribution in [0.3, 0.4) is 0 Å². The molecule has 0 aliphatic heterocycles. The Bertz CT molecular complexity index is 327. The molecule has 0 bridgehead atoms. The number of halogens is 1. The fraction of sp³-hybridized carbons (Fsp3) is 0.600. The maximum absolute atomic E-state index is 6.26. The van der Waals surface area contributed by atoms with Gasteiger partial charge in [0.2, 0.25) is 0 Å². The van der Waals surface area contributed by atoms with Crippen LogP contribution < -0.4 is 0 Å². The van der Waals surface area contributed by atoms with E-state index in [0.717, 1.165) is 4.43 Å². The summed E-state index contributed by atoms with van der Waals surface area (Å²) in [6, 6.07) is 8.78. The summed E-state index contributed by atoms with van der Waals surface area (Å²) in [6.45, 7) is 2.13. The van der Waals surface area contributed by atoms with Gasteiger partial charge >= 0.3 is 0 Å². The third kappa shape index (κ3) is 3.95. The fourth-order valence-electron chi connectivity index (χ4n) is 2.42. The molecule has 0 spiro atoms. The Kier molecular flexibility index (Phi) is 5.29. The van der Waals surface area contributed by atoms with E-state index in [0.29, 0.717) is 6.10 Å². The molecule has 1 atom stereocenters. The molecule has 1 fully saturated rings. The highest BCUT2D eigenvalue weighted by Crippen LogP contribution is 2.28. The van der Waals surface area contributed by atoms with Crippen LogP contribution >= 0.6 is 22.6 Å². The van der Waals surface area contributed by atoms with E-state index in [9.17, 15) is 0 Å². The van der Waals surface area contributed by atoms with Crippen LogP contribution in [0.1, 0.15) is 49.3 Å². The second kappa shape index (κ2) is 6.74. The first-order valence-electron chi connectivity index (χ1n) is 6.57. The Morgan fingerprint density at radius 1 is 1.18 bits per heavy atom. The van der Waals surface area contributed by atoms with Gasteiger partial charge in [0.1, 0.15) is 0 Å². The van der Waals surface area contributed by atoms with Crippen LogP contribution in [0.2, 0.25) is 0 Å². The maximum atomic E-state index is 6.26. The minimum absolute atomic E-state index is 0.277. The molecule has 17 heavy (non-hydrogen) atoms. The first-order valence-corrected chi connectivity index (χ1v) is 8.10. The second-order valence-corrected chi connectivity index (χ2v) is 5.83. The van der Waals surface area contributed by atoms with E-state index in [4.69, 9.17) is 4.74 Å². The molecule has 0 amide bonds. The van der Waals surface area contributed by atoms with Crippen LogP contribution in [0.4, 0.5) is 0 Å². The van der Waals surface area contributed by atoms with Crippen molar-refractivity contribution in [3.05, 3.63) is 35.4 Å². The van der Waals surface area contributed by atoms with Crippen LogP contribution in [-0.2, 0) is 4.74 Å². The average Bonchev–Trinajstić information content (AvgIpc) is 2.38. The Labute approximate surface area is 118 Å². The minimum atomic E-state index is 0.277. The highest BCUT2D eigenvalue weighted by atomic mass is 127. The van der Waals surface area contributed by atoms with Crippen molar-refractivity contribution in [1.29, 1.82) is 0 Å². The highest BCUT2D eigenvalue weighted by molar-refractivity contribution is 14.1. The van der Waals surface area contributed by atoms with Gasteiger partial charge in [-0.1, -0.05) is 71.7 Å². The van der Waals surface area contributed by atoms with Gasteiger partial charge in [0.25, 0.3) is 0 Å². The Morgan fingerprint density at radius 2 is 1.82 bits per heavy atom. The number of ether oxygens (including phenoxy) is 1. The van der Waals surface area contributed by atoms with Crippen molar-refractivity contribution in [3.8, 4) is 0 Å². The van der Waals surface area contributed by atoms with Crippen molar-refractivity contribution in [2.24, 2.45) is 0 Å². The Morgan fingerprint density at radius 3 is 2.41 bits per heavy atom. The molecule has 1 aromatic carbocycles. The van der Waals surface area contributed by atoms with Gasteiger partial charge in [-0.2, -0.15) is 0 Å². The molecular weight excluding hydrogens is 323 g/mol. The minimum Gasteiger partial charge on any atom is -0.369 e. The lowest BCUT2D eigenvalue weighted by Crippen LogP contribution is -2.20. The van der Waals surface area contributed by atoms with Gasteiger partial charge in [-0.3, -0.25) is 0 Å². The van der Waals surface area contributed by atoms with Crippen LogP contribution in [0.15, 0.2) is 24.3 Å². The smallest absolute Gasteiger partial charge is 0.0918 e. The van der Waals surface area contributed by atoms with Gasteiger partial charge in [0.05, 0.1) is 12.2 Å². The summed E-state index contributed by atoms with van der Waals surface area (Å²) in [4.78, 5) is 0. The van der Waals surface area contributed by atoms with E-state index in [2.05, 4.69) is 53.8 Å². The maximum Gasteiger partial charge on any atom is 0.0918 e. The van der Waals surface area contributed by atoms with Crippen molar-refractivity contribution in [3.63, 3.8) is 0 Å². The van der Waals surface area contributed by atoms with Crippen molar-refractivity contribution < 1.29 is 4.74 Å². The predicted octanol–water partition coefficient (Wildman–Crippen LogP) is 4.82. The summed E-state index contributed by atoms with van der Waals surface area (Å²) in [6.07, 6.45) is 7.33. The Hall–Kier alpha value is -0.0900. The topological polar surface area (TPSA) is 9.23 Å². The summed E-state index contributed by atoms with van der Waals surface area (Å²) in [5.41, 5.74) is 2.65. The predicted molar refractivity (Wildman–Crippen MR) is 80.8 cm³/mol. The molecule has 0 N–H and O–H groups in total. The number of hydrogen-bond acceptors (Lipinski definition) is 1. The molecule has 1 unspecified atom stereocenters. The second-order valence-electron chi connectivity index (χ2n) is 4.95. The standard InChI is InChI=1S/C15H21IO/c1-12-7-9-13(10-8-12)15(11-16)17-14-5-3-2-4-6-14/h7-10,14-15H,2-6,11H2,1H3. The van der Waals surface area contributed by atoms with Crippen molar-refractivity contribution >= 4 is 22.6 Å². The third-order valence-corrected chi connectivity index (χ3v) is 4.30. The molecule has 1 saturated carbocycles. The zero-order valence-electron chi connectivity index (χ0n) is 10.5. The lowest BCUT2D eigenvalue weighted by Gasteiger charge is -2.27. The Balaban J connectivity index is 1.97. The van der Waals surface area contributed by atoms with Crippen LogP contribution in [0, 0.1) is 6.92 Å². The number of alkyl halides is 1. The average molecular weight is 344 g/mol. The number of hydrogen-bond donors (Lipinski definition) is 0. The molecule has 0 saturated heterocycles. The van der Waals surface area contributed by atoms with Crippen LogP contribution in [-0.4, -0.2) is 10.5 Å².